The van der Waals surface area contributed by atoms with Crippen LogP contribution in [0.5, 0.6) is 0 Å². The standard InChI is InChI=1S/C27H33N3O5/c1-25(2,3)30-15-9-13-27-20(23(33)29(16-17-31)21(27)24(30)34)19-22(32)28(18-10-6-5-7-11-18)14-8-12-26(19,4)35-27/h5-13,19-21,31H,14-17H2,1-4H3/t19-,20+,21?,26+,27+/m1/s1. The van der Waals surface area contributed by atoms with Gasteiger partial charge in [0.15, 0.2) is 0 Å². The molecule has 8 nitrogen and oxygen atoms in total. The average molecular weight is 480 g/mol. The van der Waals surface area contributed by atoms with E-state index in [0.29, 0.717) is 13.1 Å². The highest BCUT2D eigenvalue weighted by molar-refractivity contribution is 6.04. The minimum atomic E-state index is -1.30. The summed E-state index contributed by atoms with van der Waals surface area (Å²) in [4.78, 5) is 46.9. The van der Waals surface area contributed by atoms with E-state index in [1.807, 2.05) is 82.3 Å². The third-order valence-corrected chi connectivity index (χ3v) is 7.78. The van der Waals surface area contributed by atoms with Crippen LogP contribution in [-0.4, -0.2) is 81.7 Å². The van der Waals surface area contributed by atoms with Gasteiger partial charge in [0.25, 0.3) is 0 Å². The van der Waals surface area contributed by atoms with Gasteiger partial charge in [0.2, 0.25) is 17.7 Å². The summed E-state index contributed by atoms with van der Waals surface area (Å²) in [5.41, 5.74) is -2.10. The third-order valence-electron chi connectivity index (χ3n) is 7.78. The third kappa shape index (κ3) is 3.37. The number of nitrogens with zero attached hydrogens (tertiary/aromatic N) is 3. The van der Waals surface area contributed by atoms with E-state index >= 15 is 0 Å². The number of aliphatic hydroxyl groups excluding tert-OH is 1. The van der Waals surface area contributed by atoms with E-state index in [2.05, 4.69) is 0 Å². The molecule has 35 heavy (non-hydrogen) atoms. The number of likely N-dealkylation sites (tertiary alicyclic amines) is 1. The fraction of sp³-hybridized carbons (Fsp3) is 0.519. The molecule has 1 aromatic carbocycles. The Labute approximate surface area is 205 Å². The van der Waals surface area contributed by atoms with Crippen molar-refractivity contribution in [3.05, 3.63) is 54.6 Å². The molecule has 186 valence electrons. The van der Waals surface area contributed by atoms with Crippen molar-refractivity contribution in [1.82, 2.24) is 9.80 Å². The zero-order valence-corrected chi connectivity index (χ0v) is 20.7. The van der Waals surface area contributed by atoms with Crippen molar-refractivity contribution >= 4 is 23.4 Å². The first-order valence-electron chi connectivity index (χ1n) is 12.2. The van der Waals surface area contributed by atoms with Gasteiger partial charge in [-0.3, -0.25) is 14.4 Å². The molecule has 1 aromatic rings. The zero-order chi connectivity index (χ0) is 25.2. The molecule has 3 amide bonds. The SMILES string of the molecule is CC(C)(C)N1CC=C[C@]23O[C@@]4(C)C=CCN(c5ccccc5)C(=O)[C@H]4[C@H]2C(=O)N(CCO)C3C1=O. The number of hydrogen-bond acceptors (Lipinski definition) is 5. The van der Waals surface area contributed by atoms with Crippen LogP contribution in [0.1, 0.15) is 27.7 Å². The van der Waals surface area contributed by atoms with Gasteiger partial charge in [-0.15, -0.1) is 0 Å². The molecule has 0 aromatic heterocycles. The van der Waals surface area contributed by atoms with E-state index in [-0.39, 0.29) is 30.9 Å². The Hall–Kier alpha value is -2.97. The maximum Gasteiger partial charge on any atom is 0.249 e. The lowest BCUT2D eigenvalue weighted by atomic mass is 9.74. The summed E-state index contributed by atoms with van der Waals surface area (Å²) in [7, 11) is 0. The van der Waals surface area contributed by atoms with Crippen LogP contribution in [0.2, 0.25) is 0 Å². The average Bonchev–Trinajstić information content (AvgIpc) is 3.05. The Morgan fingerprint density at radius 2 is 1.66 bits per heavy atom. The highest BCUT2D eigenvalue weighted by Crippen LogP contribution is 2.57. The zero-order valence-electron chi connectivity index (χ0n) is 20.7. The normalized spacial score (nSPS) is 34.6. The molecule has 1 spiro atoms. The van der Waals surface area contributed by atoms with E-state index in [1.165, 1.54) is 4.90 Å². The second kappa shape index (κ2) is 8.03. The Kier molecular flexibility index (Phi) is 5.45. The number of ether oxygens (including phenoxy) is 1. The summed E-state index contributed by atoms with van der Waals surface area (Å²) in [5.74, 6) is -2.47. The van der Waals surface area contributed by atoms with Crippen LogP contribution in [0.15, 0.2) is 54.6 Å². The van der Waals surface area contributed by atoms with E-state index < -0.39 is 34.6 Å². The number of benzene rings is 1. The fourth-order valence-corrected chi connectivity index (χ4v) is 6.31. The largest absolute Gasteiger partial charge is 0.395 e. The molecule has 2 fully saturated rings. The minimum absolute atomic E-state index is 0.00145. The number of fused-ring (bicyclic) bond motifs is 2. The van der Waals surface area contributed by atoms with Gasteiger partial charge in [0.1, 0.15) is 11.6 Å². The molecule has 8 heteroatoms. The van der Waals surface area contributed by atoms with Gasteiger partial charge in [-0.1, -0.05) is 42.5 Å². The lowest BCUT2D eigenvalue weighted by Gasteiger charge is -2.41. The number of rotatable bonds is 3. The summed E-state index contributed by atoms with van der Waals surface area (Å²) in [6.45, 7) is 8.13. The molecular weight excluding hydrogens is 446 g/mol. The maximum atomic E-state index is 14.1. The van der Waals surface area contributed by atoms with E-state index in [9.17, 15) is 19.5 Å². The number of para-hydroxylation sites is 1. The highest BCUT2D eigenvalue weighted by Gasteiger charge is 2.74. The molecule has 4 heterocycles. The number of carbonyl (C=O) groups excluding carboxylic acids is 3. The van der Waals surface area contributed by atoms with Gasteiger partial charge < -0.3 is 24.5 Å². The summed E-state index contributed by atoms with van der Waals surface area (Å²) in [5, 5.41) is 9.78. The van der Waals surface area contributed by atoms with E-state index in [0.717, 1.165) is 5.69 Å². The van der Waals surface area contributed by atoms with Crippen LogP contribution >= 0.6 is 0 Å². The molecule has 0 aliphatic carbocycles. The van der Waals surface area contributed by atoms with Gasteiger partial charge in [0.05, 0.1) is 24.0 Å². The Morgan fingerprint density at radius 1 is 0.971 bits per heavy atom. The molecule has 1 N–H and O–H groups in total. The fourth-order valence-electron chi connectivity index (χ4n) is 6.31. The molecule has 1 unspecified atom stereocenters. The predicted molar refractivity (Wildman–Crippen MR) is 130 cm³/mol. The number of carbonyl (C=O) groups is 3. The smallest absolute Gasteiger partial charge is 0.249 e. The first kappa shape index (κ1) is 23.8. The van der Waals surface area contributed by atoms with Gasteiger partial charge in [0, 0.05) is 30.9 Å². The van der Waals surface area contributed by atoms with Crippen LogP contribution in [0.4, 0.5) is 5.69 Å². The highest BCUT2D eigenvalue weighted by atomic mass is 16.5. The van der Waals surface area contributed by atoms with Gasteiger partial charge in [-0.25, -0.2) is 0 Å². The Morgan fingerprint density at radius 3 is 2.31 bits per heavy atom. The van der Waals surface area contributed by atoms with Crippen molar-refractivity contribution in [3.63, 3.8) is 0 Å². The van der Waals surface area contributed by atoms with Crippen molar-refractivity contribution in [2.75, 3.05) is 31.1 Å². The monoisotopic (exact) mass is 479 g/mol. The van der Waals surface area contributed by atoms with Crippen LogP contribution in [0, 0.1) is 11.8 Å². The Balaban J connectivity index is 1.65. The van der Waals surface area contributed by atoms with Crippen molar-refractivity contribution in [3.8, 4) is 0 Å². The molecular formula is C27H33N3O5. The van der Waals surface area contributed by atoms with Gasteiger partial charge >= 0.3 is 0 Å². The van der Waals surface area contributed by atoms with Crippen LogP contribution in [0.3, 0.4) is 0 Å². The quantitative estimate of drug-likeness (QED) is 0.667. The number of amides is 3. The minimum Gasteiger partial charge on any atom is -0.395 e. The summed E-state index contributed by atoms with van der Waals surface area (Å²) >= 11 is 0. The predicted octanol–water partition coefficient (Wildman–Crippen LogP) is 1.75. The molecule has 5 rings (SSSR count). The second-order valence-electron chi connectivity index (χ2n) is 11.0. The second-order valence-corrected chi connectivity index (χ2v) is 11.0. The van der Waals surface area contributed by atoms with E-state index in [1.54, 1.807) is 9.80 Å². The van der Waals surface area contributed by atoms with Crippen LogP contribution in [0.25, 0.3) is 0 Å². The maximum absolute atomic E-state index is 14.1. The van der Waals surface area contributed by atoms with Crippen molar-refractivity contribution in [2.45, 2.75) is 50.5 Å². The first-order valence-corrected chi connectivity index (χ1v) is 12.2. The molecule has 0 bridgehead atoms. The van der Waals surface area contributed by atoms with Crippen LogP contribution in [-0.2, 0) is 19.1 Å². The molecule has 4 aliphatic rings. The number of β-amino-alcohol motifs (C(OH)–C–C–N with tert-alkyl or cyclic N) is 1. The lowest BCUT2D eigenvalue weighted by molar-refractivity contribution is -0.154. The number of aliphatic hydroxyl groups is 1. The number of hydrogen-bond donors (Lipinski definition) is 1. The Bertz CT molecular complexity index is 1110. The van der Waals surface area contributed by atoms with Gasteiger partial charge in [-0.05, 0) is 39.8 Å². The summed E-state index contributed by atoms with van der Waals surface area (Å²) in [6.07, 6.45) is 7.48. The van der Waals surface area contributed by atoms with Gasteiger partial charge in [-0.2, -0.15) is 0 Å². The lowest BCUT2D eigenvalue weighted by Crippen LogP contribution is -2.59. The summed E-state index contributed by atoms with van der Waals surface area (Å²) in [6, 6.07) is 8.41. The van der Waals surface area contributed by atoms with Crippen molar-refractivity contribution in [1.29, 1.82) is 0 Å². The van der Waals surface area contributed by atoms with Crippen molar-refractivity contribution < 1.29 is 24.2 Å². The molecule has 2 saturated heterocycles. The molecule has 4 aliphatic heterocycles. The molecule has 0 radical (unpaired) electrons. The molecule has 0 saturated carbocycles. The topological polar surface area (TPSA) is 90.4 Å². The van der Waals surface area contributed by atoms with Crippen molar-refractivity contribution in [2.24, 2.45) is 11.8 Å². The van der Waals surface area contributed by atoms with Crippen LogP contribution < -0.4 is 4.90 Å². The summed E-state index contributed by atoms with van der Waals surface area (Å²) < 4.78 is 6.75. The number of anilines is 1. The molecule has 5 atom stereocenters. The first-order chi connectivity index (χ1) is 16.5. The van der Waals surface area contributed by atoms with E-state index in [4.69, 9.17) is 4.74 Å².